The van der Waals surface area contributed by atoms with Crippen LogP contribution in [-0.2, 0) is 4.79 Å². The van der Waals surface area contributed by atoms with Gasteiger partial charge >= 0.3 is 0 Å². The number of nitrogens with one attached hydrogen (secondary N) is 2. The molecule has 22 heavy (non-hydrogen) atoms. The van der Waals surface area contributed by atoms with E-state index in [0.29, 0.717) is 5.56 Å². The van der Waals surface area contributed by atoms with Crippen LogP contribution in [-0.4, -0.2) is 28.9 Å². The van der Waals surface area contributed by atoms with Crippen molar-refractivity contribution in [3.05, 3.63) is 40.7 Å². The Kier molecular flexibility index (Phi) is 5.80. The quantitative estimate of drug-likeness (QED) is 0.653. The highest BCUT2D eigenvalue weighted by Gasteiger charge is 2.24. The fourth-order valence-electron chi connectivity index (χ4n) is 2.48. The molecule has 0 aromatic carbocycles. The highest BCUT2D eigenvalue weighted by Crippen LogP contribution is 2.21. The van der Waals surface area contributed by atoms with Crippen LogP contribution in [0.15, 0.2) is 24.9 Å². The number of hydrogen-bond donors (Lipinski definition) is 2. The Hall–Kier alpha value is -1.59. The van der Waals surface area contributed by atoms with Gasteiger partial charge in [-0.05, 0) is 37.8 Å². The number of rotatable bonds is 4. The summed E-state index contributed by atoms with van der Waals surface area (Å²) in [6.07, 6.45) is 5.87. The average Bonchev–Trinajstić information content (AvgIpc) is 2.49. The summed E-state index contributed by atoms with van der Waals surface area (Å²) < 4.78 is 0. The van der Waals surface area contributed by atoms with Crippen LogP contribution in [0.2, 0.25) is 10.2 Å². The zero-order valence-corrected chi connectivity index (χ0v) is 13.5. The Bertz CT molecular complexity index is 584. The second kappa shape index (κ2) is 7.61. The summed E-state index contributed by atoms with van der Waals surface area (Å²) in [5.41, 5.74) is 0.313. The monoisotopic (exact) mass is 341 g/mol. The predicted molar refractivity (Wildman–Crippen MR) is 86.1 cm³/mol. The zero-order valence-electron chi connectivity index (χ0n) is 11.9. The van der Waals surface area contributed by atoms with Crippen molar-refractivity contribution in [2.75, 3.05) is 0 Å². The minimum absolute atomic E-state index is 0.0659. The fourth-order valence-corrected chi connectivity index (χ4v) is 2.93. The molecule has 2 rings (SSSR count). The lowest BCUT2D eigenvalue weighted by Crippen LogP contribution is -2.43. The van der Waals surface area contributed by atoms with Gasteiger partial charge in [-0.15, -0.1) is 0 Å². The van der Waals surface area contributed by atoms with E-state index in [1.807, 2.05) is 0 Å². The number of carbonyl (C=O) groups excluding carboxylic acids is 2. The van der Waals surface area contributed by atoms with Gasteiger partial charge in [0.05, 0.1) is 10.6 Å². The maximum absolute atomic E-state index is 12.2. The lowest BCUT2D eigenvalue weighted by atomic mass is 9.91. The standard InChI is InChI=1S/C15H17Cl2N3O2/c1-2-14(21)19-9-3-5-10(6-4-9)20-15(22)11-8-18-13(17)7-12(11)16/h2,7-10H,1,3-6H2,(H,19,21)(H,20,22)/t9-,10-. The number of pyridine rings is 1. The number of aromatic nitrogens is 1. The molecule has 1 aliphatic carbocycles. The van der Waals surface area contributed by atoms with E-state index in [1.165, 1.54) is 18.3 Å². The molecule has 7 heteroatoms. The van der Waals surface area contributed by atoms with Gasteiger partial charge in [-0.1, -0.05) is 29.8 Å². The number of amides is 2. The first-order valence-corrected chi connectivity index (χ1v) is 7.80. The molecule has 2 N–H and O–H groups in total. The lowest BCUT2D eigenvalue weighted by Gasteiger charge is -2.29. The second-order valence-corrected chi connectivity index (χ2v) is 6.02. The van der Waals surface area contributed by atoms with Gasteiger partial charge < -0.3 is 10.6 Å². The molecule has 0 bridgehead atoms. The van der Waals surface area contributed by atoms with Crippen LogP contribution in [0.25, 0.3) is 0 Å². The first-order valence-electron chi connectivity index (χ1n) is 7.04. The summed E-state index contributed by atoms with van der Waals surface area (Å²) in [6, 6.07) is 1.65. The van der Waals surface area contributed by atoms with Gasteiger partial charge in [0.1, 0.15) is 5.15 Å². The molecule has 0 spiro atoms. The van der Waals surface area contributed by atoms with E-state index in [9.17, 15) is 9.59 Å². The molecular weight excluding hydrogens is 325 g/mol. The summed E-state index contributed by atoms with van der Waals surface area (Å²) in [6.45, 7) is 3.43. The number of halogens is 2. The maximum atomic E-state index is 12.2. The molecule has 2 amide bonds. The van der Waals surface area contributed by atoms with Gasteiger partial charge in [0, 0.05) is 18.3 Å². The highest BCUT2D eigenvalue weighted by molar-refractivity contribution is 6.36. The van der Waals surface area contributed by atoms with E-state index < -0.39 is 0 Å². The summed E-state index contributed by atoms with van der Waals surface area (Å²) in [5, 5.41) is 6.35. The summed E-state index contributed by atoms with van der Waals surface area (Å²) in [5.74, 6) is -0.417. The summed E-state index contributed by atoms with van der Waals surface area (Å²) >= 11 is 11.7. The average molecular weight is 342 g/mol. The molecule has 1 aromatic heterocycles. The van der Waals surface area contributed by atoms with Crippen LogP contribution < -0.4 is 10.6 Å². The van der Waals surface area contributed by atoms with Crippen LogP contribution >= 0.6 is 23.2 Å². The van der Waals surface area contributed by atoms with Crippen LogP contribution in [0.4, 0.5) is 0 Å². The first kappa shape index (κ1) is 16.8. The molecule has 5 nitrogen and oxygen atoms in total. The molecule has 1 heterocycles. The van der Waals surface area contributed by atoms with Crippen molar-refractivity contribution in [1.29, 1.82) is 0 Å². The Morgan fingerprint density at radius 1 is 1.18 bits per heavy atom. The van der Waals surface area contributed by atoms with Crippen molar-refractivity contribution in [3.63, 3.8) is 0 Å². The van der Waals surface area contributed by atoms with Crippen LogP contribution in [0.5, 0.6) is 0 Å². The highest BCUT2D eigenvalue weighted by atomic mass is 35.5. The van der Waals surface area contributed by atoms with E-state index in [0.717, 1.165) is 25.7 Å². The van der Waals surface area contributed by atoms with E-state index in [-0.39, 0.29) is 34.1 Å². The lowest BCUT2D eigenvalue weighted by molar-refractivity contribution is -0.117. The van der Waals surface area contributed by atoms with E-state index >= 15 is 0 Å². The second-order valence-electron chi connectivity index (χ2n) is 5.22. The Balaban J connectivity index is 1.86. The van der Waals surface area contributed by atoms with Gasteiger partial charge in [0.25, 0.3) is 5.91 Å². The predicted octanol–water partition coefficient (Wildman–Crippen LogP) is 2.73. The first-order chi connectivity index (χ1) is 10.5. The molecule has 118 valence electrons. The van der Waals surface area contributed by atoms with Crippen LogP contribution in [0.3, 0.4) is 0 Å². The summed E-state index contributed by atoms with van der Waals surface area (Å²) in [4.78, 5) is 27.3. The van der Waals surface area contributed by atoms with E-state index in [2.05, 4.69) is 22.2 Å². The van der Waals surface area contributed by atoms with Gasteiger partial charge in [-0.3, -0.25) is 9.59 Å². The Morgan fingerprint density at radius 2 is 1.77 bits per heavy atom. The minimum atomic E-state index is -0.257. The zero-order chi connectivity index (χ0) is 16.1. The largest absolute Gasteiger partial charge is 0.350 e. The van der Waals surface area contributed by atoms with Crippen molar-refractivity contribution in [2.24, 2.45) is 0 Å². The Labute approximate surface area is 139 Å². The minimum Gasteiger partial charge on any atom is -0.350 e. The third-order valence-electron chi connectivity index (χ3n) is 3.66. The number of carbonyl (C=O) groups is 2. The van der Waals surface area contributed by atoms with Crippen molar-refractivity contribution in [2.45, 2.75) is 37.8 Å². The number of hydrogen-bond acceptors (Lipinski definition) is 3. The molecule has 0 aliphatic heterocycles. The normalized spacial score (nSPS) is 21.0. The van der Waals surface area contributed by atoms with E-state index in [1.54, 1.807) is 0 Å². The van der Waals surface area contributed by atoms with Gasteiger partial charge in [0.2, 0.25) is 5.91 Å². The molecule has 1 fully saturated rings. The van der Waals surface area contributed by atoms with Crippen LogP contribution in [0.1, 0.15) is 36.0 Å². The molecule has 0 radical (unpaired) electrons. The summed E-state index contributed by atoms with van der Waals surface area (Å²) in [7, 11) is 0. The van der Waals surface area contributed by atoms with Gasteiger partial charge in [0.15, 0.2) is 0 Å². The molecule has 1 aromatic rings. The van der Waals surface area contributed by atoms with Gasteiger partial charge in [-0.25, -0.2) is 4.98 Å². The Morgan fingerprint density at radius 3 is 2.32 bits per heavy atom. The number of nitrogens with zero attached hydrogens (tertiary/aromatic N) is 1. The topological polar surface area (TPSA) is 71.1 Å². The third kappa shape index (κ3) is 4.45. The van der Waals surface area contributed by atoms with Crippen molar-refractivity contribution >= 4 is 35.0 Å². The van der Waals surface area contributed by atoms with Gasteiger partial charge in [-0.2, -0.15) is 0 Å². The third-order valence-corrected chi connectivity index (χ3v) is 4.18. The molecule has 0 unspecified atom stereocenters. The van der Waals surface area contributed by atoms with Crippen molar-refractivity contribution < 1.29 is 9.59 Å². The molecule has 1 saturated carbocycles. The van der Waals surface area contributed by atoms with Crippen molar-refractivity contribution in [3.8, 4) is 0 Å². The maximum Gasteiger partial charge on any atom is 0.254 e. The smallest absolute Gasteiger partial charge is 0.254 e. The molecule has 0 atom stereocenters. The van der Waals surface area contributed by atoms with Crippen molar-refractivity contribution in [1.82, 2.24) is 15.6 Å². The molecular formula is C15H17Cl2N3O2. The van der Waals surface area contributed by atoms with E-state index in [4.69, 9.17) is 23.2 Å². The fraction of sp³-hybridized carbons (Fsp3) is 0.400. The van der Waals surface area contributed by atoms with Crippen LogP contribution in [0, 0.1) is 0 Å². The SMILES string of the molecule is C=CC(=O)N[C@H]1CC[C@H](NC(=O)c2cnc(Cl)cc2Cl)CC1. The molecule has 1 aliphatic rings. The molecule has 0 saturated heterocycles.